The Morgan fingerprint density at radius 1 is 1.05 bits per heavy atom. The van der Waals surface area contributed by atoms with E-state index in [-0.39, 0.29) is 0 Å². The van der Waals surface area contributed by atoms with Crippen molar-refractivity contribution in [1.29, 1.82) is 0 Å². The number of ether oxygens (including phenoxy) is 1. The molecule has 0 radical (unpaired) electrons. The van der Waals surface area contributed by atoms with Crippen molar-refractivity contribution in [1.82, 2.24) is 0 Å². The molecule has 0 N–H and O–H groups in total. The molecule has 0 aliphatic heterocycles. The van der Waals surface area contributed by atoms with Gasteiger partial charge in [-0.25, -0.2) is 0 Å². The summed E-state index contributed by atoms with van der Waals surface area (Å²) in [5.74, 6) is 1.78. The molecule has 0 aliphatic carbocycles. The highest BCUT2D eigenvalue weighted by Gasteiger charge is 2.13. The van der Waals surface area contributed by atoms with Crippen molar-refractivity contribution >= 4 is 31.9 Å². The van der Waals surface area contributed by atoms with Crippen molar-refractivity contribution in [2.75, 3.05) is 7.11 Å². The van der Waals surface area contributed by atoms with E-state index in [1.54, 1.807) is 7.11 Å². The lowest BCUT2D eigenvalue weighted by Crippen LogP contribution is -2.06. The molecule has 0 amide bonds. The highest BCUT2D eigenvalue weighted by molar-refractivity contribution is 9.08. The lowest BCUT2D eigenvalue weighted by atomic mass is 9.89. The zero-order chi connectivity index (χ0) is 15.0. The summed E-state index contributed by atoms with van der Waals surface area (Å²) in [5, 5.41) is 1.74. The van der Waals surface area contributed by atoms with Gasteiger partial charge in [0.15, 0.2) is 0 Å². The van der Waals surface area contributed by atoms with Crippen LogP contribution in [0.5, 0.6) is 5.75 Å². The van der Waals surface area contributed by atoms with E-state index in [0.717, 1.165) is 22.3 Å². The van der Waals surface area contributed by atoms with Crippen LogP contribution in [0.15, 0.2) is 12.1 Å². The standard InChI is InChI=1S/C17H26Br2O/c1-4-6-7-13(5-2)8-14-9-16(12-19)17(20-3)10-15(14)11-18/h9-10,13H,4-8,11-12H2,1-3H3. The number of methoxy groups -OCH3 is 1. The third-order valence-corrected chi connectivity index (χ3v) is 5.15. The molecule has 0 spiro atoms. The van der Waals surface area contributed by atoms with Crippen LogP contribution in [0.2, 0.25) is 0 Å². The number of hydrogen-bond acceptors (Lipinski definition) is 1. The van der Waals surface area contributed by atoms with Gasteiger partial charge in [0.2, 0.25) is 0 Å². The van der Waals surface area contributed by atoms with E-state index in [2.05, 4.69) is 57.8 Å². The summed E-state index contributed by atoms with van der Waals surface area (Å²) in [6.07, 6.45) is 6.41. The molecule has 1 unspecified atom stereocenters. The SMILES string of the molecule is CCCCC(CC)Cc1cc(CBr)c(OC)cc1CBr. The van der Waals surface area contributed by atoms with E-state index in [4.69, 9.17) is 4.74 Å². The van der Waals surface area contributed by atoms with Crippen LogP contribution in [0, 0.1) is 5.92 Å². The number of hydrogen-bond donors (Lipinski definition) is 0. The fourth-order valence-electron chi connectivity index (χ4n) is 2.58. The van der Waals surface area contributed by atoms with Crippen LogP contribution in [0.1, 0.15) is 56.2 Å². The van der Waals surface area contributed by atoms with Crippen molar-refractivity contribution in [2.45, 2.75) is 56.6 Å². The monoisotopic (exact) mass is 404 g/mol. The molecule has 1 aromatic carbocycles. The summed E-state index contributed by atoms with van der Waals surface area (Å²) >= 11 is 7.18. The van der Waals surface area contributed by atoms with Gasteiger partial charge in [0.05, 0.1) is 7.11 Å². The van der Waals surface area contributed by atoms with Gasteiger partial charge in [-0.15, -0.1) is 0 Å². The predicted molar refractivity (Wildman–Crippen MR) is 95.3 cm³/mol. The van der Waals surface area contributed by atoms with Crippen LogP contribution >= 0.6 is 31.9 Å². The van der Waals surface area contributed by atoms with Crippen LogP contribution in [-0.4, -0.2) is 7.11 Å². The number of unbranched alkanes of at least 4 members (excludes halogenated alkanes) is 1. The molecule has 1 nitrogen and oxygen atoms in total. The predicted octanol–water partition coefficient (Wildman–Crippen LogP) is 6.24. The van der Waals surface area contributed by atoms with Crippen molar-refractivity contribution in [3.63, 3.8) is 0 Å². The Kier molecular flexibility index (Phi) is 8.86. The first-order valence-corrected chi connectivity index (χ1v) is 9.74. The summed E-state index contributed by atoms with van der Waals surface area (Å²) in [6.45, 7) is 4.58. The minimum atomic E-state index is 0.796. The largest absolute Gasteiger partial charge is 0.496 e. The van der Waals surface area contributed by atoms with Gasteiger partial charge in [0, 0.05) is 16.2 Å². The van der Waals surface area contributed by atoms with Gasteiger partial charge < -0.3 is 4.74 Å². The maximum atomic E-state index is 5.48. The zero-order valence-electron chi connectivity index (χ0n) is 12.8. The zero-order valence-corrected chi connectivity index (χ0v) is 16.0. The normalized spacial score (nSPS) is 12.4. The van der Waals surface area contributed by atoms with E-state index in [0.29, 0.717) is 0 Å². The van der Waals surface area contributed by atoms with Crippen LogP contribution in [0.4, 0.5) is 0 Å². The Morgan fingerprint density at radius 2 is 1.75 bits per heavy atom. The summed E-state index contributed by atoms with van der Waals surface area (Å²) < 4.78 is 5.48. The third-order valence-electron chi connectivity index (χ3n) is 3.94. The van der Waals surface area contributed by atoms with Gasteiger partial charge in [-0.1, -0.05) is 77.5 Å². The topological polar surface area (TPSA) is 9.23 Å². The van der Waals surface area contributed by atoms with Crippen molar-refractivity contribution < 1.29 is 4.74 Å². The van der Waals surface area contributed by atoms with E-state index < -0.39 is 0 Å². The molecular weight excluding hydrogens is 380 g/mol. The first-order chi connectivity index (χ1) is 9.69. The van der Waals surface area contributed by atoms with Crippen molar-refractivity contribution in [2.24, 2.45) is 5.92 Å². The first-order valence-electron chi connectivity index (χ1n) is 7.50. The molecule has 0 saturated carbocycles. The third kappa shape index (κ3) is 5.07. The summed E-state index contributed by atoms with van der Waals surface area (Å²) in [4.78, 5) is 0. The van der Waals surface area contributed by atoms with Gasteiger partial charge in [-0.3, -0.25) is 0 Å². The van der Waals surface area contributed by atoms with Crippen LogP contribution in [0.3, 0.4) is 0 Å². The van der Waals surface area contributed by atoms with Gasteiger partial charge >= 0.3 is 0 Å². The Bertz CT molecular complexity index is 404. The van der Waals surface area contributed by atoms with Crippen LogP contribution in [0.25, 0.3) is 0 Å². The maximum Gasteiger partial charge on any atom is 0.123 e. The van der Waals surface area contributed by atoms with Gasteiger partial charge in [-0.2, -0.15) is 0 Å². The minimum absolute atomic E-state index is 0.796. The summed E-state index contributed by atoms with van der Waals surface area (Å²) in [5.41, 5.74) is 4.08. The molecule has 0 heterocycles. The van der Waals surface area contributed by atoms with E-state index in [1.165, 1.54) is 48.8 Å². The van der Waals surface area contributed by atoms with E-state index in [1.807, 2.05) is 0 Å². The lowest BCUT2D eigenvalue weighted by molar-refractivity contribution is 0.410. The lowest BCUT2D eigenvalue weighted by Gasteiger charge is -2.19. The Balaban J connectivity index is 2.96. The van der Waals surface area contributed by atoms with Crippen LogP contribution in [-0.2, 0) is 17.1 Å². The number of alkyl halides is 2. The first kappa shape index (κ1) is 18.0. The quantitative estimate of drug-likeness (QED) is 0.441. The summed E-state index contributed by atoms with van der Waals surface area (Å²) in [7, 11) is 1.75. The van der Waals surface area contributed by atoms with Gasteiger partial charge in [-0.05, 0) is 29.5 Å². The average Bonchev–Trinajstić information content (AvgIpc) is 2.50. The molecule has 0 bridgehead atoms. The van der Waals surface area contributed by atoms with Gasteiger partial charge in [0.25, 0.3) is 0 Å². The average molecular weight is 406 g/mol. The number of halogens is 2. The molecule has 0 saturated heterocycles. The molecule has 1 atom stereocenters. The second-order valence-corrected chi connectivity index (χ2v) is 6.44. The van der Waals surface area contributed by atoms with Crippen molar-refractivity contribution in [3.8, 4) is 5.75 Å². The Morgan fingerprint density at radius 3 is 2.25 bits per heavy atom. The molecule has 0 fully saturated rings. The van der Waals surface area contributed by atoms with Gasteiger partial charge in [0.1, 0.15) is 5.75 Å². The molecule has 3 heteroatoms. The second-order valence-electron chi connectivity index (χ2n) is 5.32. The maximum absolute atomic E-state index is 5.48. The Labute approximate surface area is 140 Å². The minimum Gasteiger partial charge on any atom is -0.496 e. The molecule has 0 aromatic heterocycles. The second kappa shape index (κ2) is 9.83. The molecule has 20 heavy (non-hydrogen) atoms. The van der Waals surface area contributed by atoms with Crippen molar-refractivity contribution in [3.05, 3.63) is 28.8 Å². The number of benzene rings is 1. The smallest absolute Gasteiger partial charge is 0.123 e. The fraction of sp³-hybridized carbons (Fsp3) is 0.647. The number of rotatable bonds is 9. The van der Waals surface area contributed by atoms with E-state index >= 15 is 0 Å². The molecule has 1 aromatic rings. The van der Waals surface area contributed by atoms with Crippen LogP contribution < -0.4 is 4.74 Å². The highest BCUT2D eigenvalue weighted by Crippen LogP contribution is 2.30. The molecule has 114 valence electrons. The Hall–Kier alpha value is -0.0200. The highest BCUT2D eigenvalue weighted by atomic mass is 79.9. The molecule has 0 aliphatic rings. The molecule has 1 rings (SSSR count). The fourth-order valence-corrected chi connectivity index (χ4v) is 3.54. The summed E-state index contributed by atoms with van der Waals surface area (Å²) in [6, 6.07) is 4.51. The molecular formula is C17H26Br2O. The van der Waals surface area contributed by atoms with E-state index in [9.17, 15) is 0 Å².